The van der Waals surface area contributed by atoms with Crippen molar-refractivity contribution in [1.29, 1.82) is 0 Å². The molecule has 1 aromatic rings. The minimum Gasteiger partial charge on any atom is -0.293 e. The highest BCUT2D eigenvalue weighted by atomic mass is 35.5. The topological polar surface area (TPSA) is 17.1 Å². The van der Waals surface area contributed by atoms with Crippen molar-refractivity contribution in [2.45, 2.75) is 33.1 Å². The van der Waals surface area contributed by atoms with E-state index in [0.29, 0.717) is 0 Å². The number of benzene rings is 1. The third-order valence-corrected chi connectivity index (χ3v) is 2.63. The van der Waals surface area contributed by atoms with Gasteiger partial charge in [-0.05, 0) is 30.0 Å². The van der Waals surface area contributed by atoms with Crippen molar-refractivity contribution in [3.8, 4) is 0 Å². The van der Waals surface area contributed by atoms with E-state index >= 15 is 0 Å². The minimum absolute atomic E-state index is 0.00846. The van der Waals surface area contributed by atoms with Crippen LogP contribution in [0.15, 0.2) is 18.2 Å². The molecule has 1 rings (SSSR count). The van der Waals surface area contributed by atoms with E-state index < -0.39 is 0 Å². The molecular formula is C13H17ClO. The van der Waals surface area contributed by atoms with Gasteiger partial charge in [-0.1, -0.05) is 32.4 Å². The molecular weight excluding hydrogens is 208 g/mol. The Morgan fingerprint density at radius 2 is 1.87 bits per heavy atom. The van der Waals surface area contributed by atoms with Crippen LogP contribution in [-0.2, 0) is 5.41 Å². The number of ketones is 1. The van der Waals surface area contributed by atoms with Gasteiger partial charge in [-0.2, -0.15) is 0 Å². The summed E-state index contributed by atoms with van der Waals surface area (Å²) in [6.45, 7) is 8.41. The fourth-order valence-corrected chi connectivity index (χ4v) is 1.61. The van der Waals surface area contributed by atoms with Gasteiger partial charge in [-0.15, -0.1) is 11.6 Å². The Kier molecular flexibility index (Phi) is 3.56. The molecule has 0 fully saturated rings. The van der Waals surface area contributed by atoms with Crippen LogP contribution in [0.4, 0.5) is 0 Å². The fraction of sp³-hybridized carbons (Fsp3) is 0.462. The summed E-state index contributed by atoms with van der Waals surface area (Å²) in [6, 6.07) is 5.95. The first-order valence-corrected chi connectivity index (χ1v) is 5.59. The van der Waals surface area contributed by atoms with Crippen LogP contribution in [0.25, 0.3) is 0 Å². The van der Waals surface area contributed by atoms with E-state index in [9.17, 15) is 4.79 Å². The molecule has 15 heavy (non-hydrogen) atoms. The highest BCUT2D eigenvalue weighted by molar-refractivity contribution is 6.30. The largest absolute Gasteiger partial charge is 0.293 e. The summed E-state index contributed by atoms with van der Waals surface area (Å²) in [5.41, 5.74) is 3.06. The van der Waals surface area contributed by atoms with E-state index in [0.717, 1.165) is 11.1 Å². The van der Waals surface area contributed by atoms with Crippen LogP contribution in [0.3, 0.4) is 0 Å². The molecule has 0 N–H and O–H groups in total. The van der Waals surface area contributed by atoms with Crippen LogP contribution in [-0.4, -0.2) is 11.7 Å². The molecule has 0 aliphatic rings. The average Bonchev–Trinajstić information content (AvgIpc) is 2.14. The molecule has 0 saturated heterocycles. The molecule has 1 aromatic carbocycles. The Bertz CT molecular complexity index is 375. The first-order valence-electron chi connectivity index (χ1n) is 5.06. The van der Waals surface area contributed by atoms with Gasteiger partial charge in [0, 0.05) is 5.56 Å². The second-order valence-electron chi connectivity index (χ2n) is 4.89. The van der Waals surface area contributed by atoms with Crippen molar-refractivity contribution in [1.82, 2.24) is 0 Å². The molecule has 82 valence electrons. The molecule has 0 unspecified atom stereocenters. The maximum Gasteiger partial charge on any atom is 0.177 e. The Labute approximate surface area is 96.5 Å². The summed E-state index contributed by atoms with van der Waals surface area (Å²) in [4.78, 5) is 11.5. The first-order chi connectivity index (χ1) is 6.84. The van der Waals surface area contributed by atoms with Crippen LogP contribution in [0.1, 0.15) is 42.3 Å². The third-order valence-electron chi connectivity index (χ3n) is 2.39. The molecule has 0 aliphatic carbocycles. The van der Waals surface area contributed by atoms with Crippen molar-refractivity contribution < 1.29 is 4.79 Å². The lowest BCUT2D eigenvalue weighted by Crippen LogP contribution is -2.13. The highest BCUT2D eigenvalue weighted by Crippen LogP contribution is 2.24. The standard InChI is InChI=1S/C13H17ClO/c1-9-5-10(12(15)8-14)7-11(6-9)13(2,3)4/h5-7H,8H2,1-4H3. The zero-order chi connectivity index (χ0) is 11.6. The molecule has 0 aromatic heterocycles. The summed E-state index contributed by atoms with van der Waals surface area (Å²) in [6.07, 6.45) is 0. The number of carbonyl (C=O) groups excluding carboxylic acids is 1. The number of hydrogen-bond acceptors (Lipinski definition) is 1. The fourth-order valence-electron chi connectivity index (χ4n) is 1.45. The average molecular weight is 225 g/mol. The van der Waals surface area contributed by atoms with Crippen LogP contribution in [0.2, 0.25) is 0 Å². The monoisotopic (exact) mass is 224 g/mol. The lowest BCUT2D eigenvalue weighted by Gasteiger charge is -2.20. The zero-order valence-electron chi connectivity index (χ0n) is 9.73. The van der Waals surface area contributed by atoms with Crippen molar-refractivity contribution >= 4 is 17.4 Å². The third kappa shape index (κ3) is 3.07. The molecule has 0 bridgehead atoms. The summed E-state index contributed by atoms with van der Waals surface area (Å²) >= 11 is 5.56. The van der Waals surface area contributed by atoms with Gasteiger partial charge in [0.1, 0.15) is 0 Å². The smallest absolute Gasteiger partial charge is 0.177 e. The zero-order valence-corrected chi connectivity index (χ0v) is 10.5. The minimum atomic E-state index is -0.00846. The molecule has 0 aliphatic heterocycles. The molecule has 0 heterocycles. The Balaban J connectivity index is 3.23. The predicted octanol–water partition coefficient (Wildman–Crippen LogP) is 3.71. The number of rotatable bonds is 2. The van der Waals surface area contributed by atoms with Crippen LogP contribution < -0.4 is 0 Å². The number of halogens is 1. The van der Waals surface area contributed by atoms with Gasteiger partial charge in [0.25, 0.3) is 0 Å². The van der Waals surface area contributed by atoms with E-state index in [4.69, 9.17) is 11.6 Å². The van der Waals surface area contributed by atoms with Gasteiger partial charge in [0.05, 0.1) is 5.88 Å². The van der Waals surface area contributed by atoms with Crippen molar-refractivity contribution in [3.63, 3.8) is 0 Å². The second kappa shape index (κ2) is 4.36. The number of Topliss-reactive ketones (excluding diaryl/α,β-unsaturated/α-hetero) is 1. The summed E-state index contributed by atoms with van der Waals surface area (Å²) in [5.74, 6) is 0.0402. The summed E-state index contributed by atoms with van der Waals surface area (Å²) < 4.78 is 0. The molecule has 0 spiro atoms. The van der Waals surface area contributed by atoms with Gasteiger partial charge in [-0.25, -0.2) is 0 Å². The lowest BCUT2D eigenvalue weighted by molar-refractivity contribution is 0.102. The molecule has 0 radical (unpaired) electrons. The van der Waals surface area contributed by atoms with E-state index in [2.05, 4.69) is 26.8 Å². The maximum absolute atomic E-state index is 11.5. The van der Waals surface area contributed by atoms with E-state index in [1.165, 1.54) is 5.56 Å². The number of aryl methyl sites for hydroxylation is 1. The van der Waals surface area contributed by atoms with Crippen LogP contribution >= 0.6 is 11.6 Å². The second-order valence-corrected chi connectivity index (χ2v) is 5.16. The van der Waals surface area contributed by atoms with Gasteiger partial charge < -0.3 is 0 Å². The van der Waals surface area contributed by atoms with E-state index in [1.54, 1.807) is 0 Å². The van der Waals surface area contributed by atoms with E-state index in [1.807, 2.05) is 19.1 Å². The van der Waals surface area contributed by atoms with Crippen molar-refractivity contribution in [2.24, 2.45) is 0 Å². The summed E-state index contributed by atoms with van der Waals surface area (Å²) in [5, 5.41) is 0. The molecule has 1 nitrogen and oxygen atoms in total. The van der Waals surface area contributed by atoms with Crippen molar-refractivity contribution in [3.05, 3.63) is 34.9 Å². The van der Waals surface area contributed by atoms with Crippen LogP contribution in [0, 0.1) is 6.92 Å². The first kappa shape index (κ1) is 12.3. The predicted molar refractivity (Wildman–Crippen MR) is 64.9 cm³/mol. The Morgan fingerprint density at radius 1 is 1.27 bits per heavy atom. The van der Waals surface area contributed by atoms with Gasteiger partial charge in [-0.3, -0.25) is 4.79 Å². The lowest BCUT2D eigenvalue weighted by atomic mass is 9.85. The van der Waals surface area contributed by atoms with E-state index in [-0.39, 0.29) is 17.1 Å². The van der Waals surface area contributed by atoms with Crippen LogP contribution in [0.5, 0.6) is 0 Å². The summed E-state index contributed by atoms with van der Waals surface area (Å²) in [7, 11) is 0. The number of alkyl halides is 1. The Hall–Kier alpha value is -0.820. The maximum atomic E-state index is 11.5. The molecule has 2 heteroatoms. The van der Waals surface area contributed by atoms with Crippen molar-refractivity contribution in [2.75, 3.05) is 5.88 Å². The molecule has 0 atom stereocenters. The van der Waals surface area contributed by atoms with Gasteiger partial charge in [0.15, 0.2) is 5.78 Å². The SMILES string of the molecule is Cc1cc(C(=O)CCl)cc(C(C)(C)C)c1. The number of carbonyl (C=O) groups is 1. The normalized spacial score (nSPS) is 11.5. The molecule has 0 amide bonds. The number of hydrogen-bond donors (Lipinski definition) is 0. The Morgan fingerprint density at radius 3 is 2.33 bits per heavy atom. The quantitative estimate of drug-likeness (QED) is 0.553. The van der Waals surface area contributed by atoms with Gasteiger partial charge in [0.2, 0.25) is 0 Å². The highest BCUT2D eigenvalue weighted by Gasteiger charge is 2.16. The molecule has 0 saturated carbocycles. The van der Waals surface area contributed by atoms with Gasteiger partial charge >= 0.3 is 0 Å².